The van der Waals surface area contributed by atoms with Crippen LogP contribution in [0.4, 0.5) is 0 Å². The monoisotopic (exact) mass is 185 g/mol. The molecule has 0 aromatic carbocycles. The molecule has 0 saturated heterocycles. The summed E-state index contributed by atoms with van der Waals surface area (Å²) < 4.78 is 0. The minimum atomic E-state index is -0.270. The van der Waals surface area contributed by atoms with Crippen molar-refractivity contribution in [3.63, 3.8) is 0 Å². The molecule has 1 aliphatic rings. The molecule has 1 atom stereocenters. The van der Waals surface area contributed by atoms with Crippen molar-refractivity contribution in [3.05, 3.63) is 0 Å². The minimum absolute atomic E-state index is 0.270. The van der Waals surface area contributed by atoms with Gasteiger partial charge in [-0.15, -0.1) is 0 Å². The van der Waals surface area contributed by atoms with Gasteiger partial charge in [-0.3, -0.25) is 5.32 Å². The number of rotatable bonds is 4. The normalized spacial score (nSPS) is 22.6. The Labute approximate surface area is 81.7 Å². The van der Waals surface area contributed by atoms with Crippen molar-refractivity contribution < 1.29 is 5.11 Å². The number of aliphatic hydroxyl groups excluding tert-OH is 1. The van der Waals surface area contributed by atoms with Crippen molar-refractivity contribution in [3.8, 4) is 0 Å². The summed E-state index contributed by atoms with van der Waals surface area (Å²) in [7, 11) is 0. The van der Waals surface area contributed by atoms with Gasteiger partial charge in [0.05, 0.1) is 0 Å². The lowest BCUT2D eigenvalue weighted by Gasteiger charge is -2.20. The summed E-state index contributed by atoms with van der Waals surface area (Å²) in [4.78, 5) is 0. The van der Waals surface area contributed by atoms with E-state index in [0.29, 0.717) is 6.04 Å². The predicted octanol–water partition coefficient (Wildman–Crippen LogP) is 2.42. The van der Waals surface area contributed by atoms with Gasteiger partial charge >= 0.3 is 0 Å². The Morgan fingerprint density at radius 3 is 2.38 bits per heavy atom. The van der Waals surface area contributed by atoms with Gasteiger partial charge < -0.3 is 5.11 Å². The molecule has 1 fully saturated rings. The third kappa shape index (κ3) is 4.63. The van der Waals surface area contributed by atoms with Crippen molar-refractivity contribution in [2.75, 3.05) is 0 Å². The van der Waals surface area contributed by atoms with E-state index in [1.54, 1.807) is 0 Å². The molecule has 2 nitrogen and oxygen atoms in total. The van der Waals surface area contributed by atoms with Crippen molar-refractivity contribution >= 4 is 0 Å². The van der Waals surface area contributed by atoms with Crippen LogP contribution in [-0.4, -0.2) is 17.4 Å². The maximum Gasteiger partial charge on any atom is 0.105 e. The van der Waals surface area contributed by atoms with Crippen LogP contribution in [0.5, 0.6) is 0 Å². The first-order chi connectivity index (χ1) is 6.33. The molecular weight excluding hydrogens is 162 g/mol. The van der Waals surface area contributed by atoms with E-state index in [0.717, 1.165) is 12.8 Å². The van der Waals surface area contributed by atoms with E-state index in [1.807, 2.05) is 0 Å². The van der Waals surface area contributed by atoms with Crippen LogP contribution >= 0.6 is 0 Å². The van der Waals surface area contributed by atoms with Gasteiger partial charge in [0.15, 0.2) is 0 Å². The highest BCUT2D eigenvalue weighted by molar-refractivity contribution is 4.71. The highest BCUT2D eigenvalue weighted by atomic mass is 16.3. The van der Waals surface area contributed by atoms with Gasteiger partial charge in [0, 0.05) is 6.04 Å². The fourth-order valence-corrected chi connectivity index (χ4v) is 2.07. The predicted molar refractivity (Wildman–Crippen MR) is 55.5 cm³/mol. The van der Waals surface area contributed by atoms with Crippen LogP contribution in [0.1, 0.15) is 58.3 Å². The van der Waals surface area contributed by atoms with E-state index in [-0.39, 0.29) is 6.23 Å². The Morgan fingerprint density at radius 2 is 1.85 bits per heavy atom. The zero-order valence-corrected chi connectivity index (χ0v) is 8.76. The van der Waals surface area contributed by atoms with Crippen molar-refractivity contribution in [2.24, 2.45) is 0 Å². The Morgan fingerprint density at radius 1 is 1.23 bits per heavy atom. The smallest absolute Gasteiger partial charge is 0.105 e. The first-order valence-corrected chi connectivity index (χ1v) is 5.77. The van der Waals surface area contributed by atoms with Gasteiger partial charge in [0.1, 0.15) is 6.23 Å². The van der Waals surface area contributed by atoms with E-state index in [9.17, 15) is 5.11 Å². The molecule has 0 amide bonds. The zero-order valence-electron chi connectivity index (χ0n) is 8.76. The Kier molecular flexibility index (Phi) is 5.40. The van der Waals surface area contributed by atoms with E-state index in [1.165, 1.54) is 38.5 Å². The number of aliphatic hydroxyl groups is 1. The lowest BCUT2D eigenvalue weighted by molar-refractivity contribution is 0.109. The number of nitrogens with one attached hydrogen (secondary N) is 1. The van der Waals surface area contributed by atoms with Crippen LogP contribution in [0.2, 0.25) is 0 Å². The first-order valence-electron chi connectivity index (χ1n) is 5.77. The largest absolute Gasteiger partial charge is 0.379 e. The molecule has 0 aliphatic heterocycles. The van der Waals surface area contributed by atoms with Gasteiger partial charge in [-0.1, -0.05) is 39.0 Å². The molecule has 13 heavy (non-hydrogen) atoms. The second kappa shape index (κ2) is 6.39. The fourth-order valence-electron chi connectivity index (χ4n) is 2.07. The van der Waals surface area contributed by atoms with E-state index in [2.05, 4.69) is 12.2 Å². The Balaban J connectivity index is 2.17. The van der Waals surface area contributed by atoms with Crippen molar-refractivity contribution in [2.45, 2.75) is 70.6 Å². The summed E-state index contributed by atoms with van der Waals surface area (Å²) in [6.45, 7) is 2.11. The van der Waals surface area contributed by atoms with Crippen molar-refractivity contribution in [1.82, 2.24) is 5.32 Å². The average molecular weight is 185 g/mol. The average Bonchev–Trinajstić information content (AvgIpc) is 2.33. The van der Waals surface area contributed by atoms with Crippen LogP contribution in [0.25, 0.3) is 0 Å². The molecular formula is C11H23NO. The lowest BCUT2D eigenvalue weighted by Crippen LogP contribution is -2.37. The first kappa shape index (κ1) is 11.0. The topological polar surface area (TPSA) is 32.3 Å². The van der Waals surface area contributed by atoms with Gasteiger partial charge in [-0.25, -0.2) is 0 Å². The summed E-state index contributed by atoms with van der Waals surface area (Å²) in [5.41, 5.74) is 0. The van der Waals surface area contributed by atoms with Crippen LogP contribution in [-0.2, 0) is 0 Å². The zero-order chi connectivity index (χ0) is 9.52. The van der Waals surface area contributed by atoms with Crippen LogP contribution < -0.4 is 5.32 Å². The minimum Gasteiger partial charge on any atom is -0.379 e. The standard InChI is InChI=1S/C11H23NO/c1-2-7-11(13)12-10-8-5-3-4-6-9-10/h10-13H,2-9H2,1H3. The summed E-state index contributed by atoms with van der Waals surface area (Å²) in [5, 5.41) is 12.9. The molecule has 1 rings (SSSR count). The quantitative estimate of drug-likeness (QED) is 0.521. The molecule has 0 spiro atoms. The molecule has 1 aliphatic carbocycles. The third-order valence-corrected chi connectivity index (χ3v) is 2.85. The Bertz CT molecular complexity index is 119. The molecule has 0 heterocycles. The molecule has 78 valence electrons. The molecule has 0 aromatic rings. The molecule has 0 bridgehead atoms. The van der Waals surface area contributed by atoms with Crippen LogP contribution in [0, 0.1) is 0 Å². The molecule has 1 unspecified atom stereocenters. The third-order valence-electron chi connectivity index (χ3n) is 2.85. The molecule has 2 heteroatoms. The maximum atomic E-state index is 9.58. The maximum absolute atomic E-state index is 9.58. The summed E-state index contributed by atoms with van der Waals surface area (Å²) >= 11 is 0. The lowest BCUT2D eigenvalue weighted by atomic mass is 10.1. The Hall–Kier alpha value is -0.0800. The molecule has 0 aromatic heterocycles. The van der Waals surface area contributed by atoms with Gasteiger partial charge in [0.25, 0.3) is 0 Å². The highest BCUT2D eigenvalue weighted by Crippen LogP contribution is 2.17. The highest BCUT2D eigenvalue weighted by Gasteiger charge is 2.14. The molecule has 2 N–H and O–H groups in total. The van der Waals surface area contributed by atoms with Gasteiger partial charge in [-0.05, 0) is 19.3 Å². The summed E-state index contributed by atoms with van der Waals surface area (Å²) in [6, 6.07) is 0.573. The molecule has 0 radical (unpaired) electrons. The van der Waals surface area contributed by atoms with E-state index < -0.39 is 0 Å². The fraction of sp³-hybridized carbons (Fsp3) is 1.00. The molecule has 1 saturated carbocycles. The second-order valence-corrected chi connectivity index (χ2v) is 4.16. The van der Waals surface area contributed by atoms with Gasteiger partial charge in [0.2, 0.25) is 0 Å². The van der Waals surface area contributed by atoms with Gasteiger partial charge in [-0.2, -0.15) is 0 Å². The van der Waals surface area contributed by atoms with Crippen LogP contribution in [0.15, 0.2) is 0 Å². The van der Waals surface area contributed by atoms with E-state index >= 15 is 0 Å². The van der Waals surface area contributed by atoms with Crippen LogP contribution in [0.3, 0.4) is 0 Å². The van der Waals surface area contributed by atoms with E-state index in [4.69, 9.17) is 0 Å². The summed E-state index contributed by atoms with van der Waals surface area (Å²) in [5.74, 6) is 0. The SMILES string of the molecule is CCCC(O)NC1CCCCCC1. The number of hydrogen-bond acceptors (Lipinski definition) is 2. The van der Waals surface area contributed by atoms with Crippen molar-refractivity contribution in [1.29, 1.82) is 0 Å². The summed E-state index contributed by atoms with van der Waals surface area (Å²) in [6.07, 6.45) is 9.59. The number of hydrogen-bond donors (Lipinski definition) is 2. The second-order valence-electron chi connectivity index (χ2n) is 4.16.